The van der Waals surface area contributed by atoms with Crippen LogP contribution in [-0.2, 0) is 10.0 Å². The van der Waals surface area contributed by atoms with Crippen LogP contribution in [0.15, 0.2) is 69.5 Å². The van der Waals surface area contributed by atoms with Crippen molar-refractivity contribution in [1.29, 1.82) is 0 Å². The molecule has 0 aliphatic heterocycles. The lowest BCUT2D eigenvalue weighted by Gasteiger charge is -2.11. The van der Waals surface area contributed by atoms with Gasteiger partial charge in [0, 0.05) is 27.3 Å². The summed E-state index contributed by atoms with van der Waals surface area (Å²) < 4.78 is 27.9. The van der Waals surface area contributed by atoms with Crippen LogP contribution in [0, 0.1) is 0 Å². The highest BCUT2D eigenvalue weighted by atomic mass is 79.9. The van der Waals surface area contributed by atoms with Gasteiger partial charge in [0.1, 0.15) is 0 Å². The Hall–Kier alpha value is -2.34. The summed E-state index contributed by atoms with van der Waals surface area (Å²) in [4.78, 5) is 16.1. The van der Waals surface area contributed by atoms with Crippen LogP contribution in [0.4, 0.5) is 10.8 Å². The molecule has 0 spiro atoms. The molecule has 0 saturated heterocycles. The summed E-state index contributed by atoms with van der Waals surface area (Å²) in [5.74, 6) is -0.350. The molecule has 0 saturated carbocycles. The second kappa shape index (κ2) is 8.78. The van der Waals surface area contributed by atoms with E-state index in [-0.39, 0.29) is 15.9 Å². The summed E-state index contributed by atoms with van der Waals surface area (Å²) in [6.45, 7) is 0. The largest absolute Gasteiger partial charge is 0.332 e. The van der Waals surface area contributed by atoms with Crippen molar-refractivity contribution in [2.45, 2.75) is 4.90 Å². The van der Waals surface area contributed by atoms with Crippen LogP contribution < -0.4 is 15.4 Å². The van der Waals surface area contributed by atoms with E-state index in [1.165, 1.54) is 29.7 Å². The first kappa shape index (κ1) is 20.4. The Morgan fingerprint density at radius 1 is 1.07 bits per heavy atom. The topological polar surface area (TPSA) is 100 Å². The molecule has 0 aliphatic rings. The van der Waals surface area contributed by atoms with Gasteiger partial charge in [0.25, 0.3) is 15.9 Å². The molecule has 7 nitrogen and oxygen atoms in total. The average molecular weight is 497 g/mol. The third-order valence-corrected chi connectivity index (χ3v) is 6.32. The van der Waals surface area contributed by atoms with E-state index in [0.717, 1.165) is 4.47 Å². The van der Waals surface area contributed by atoms with Gasteiger partial charge in [-0.2, -0.15) is 0 Å². The van der Waals surface area contributed by atoms with E-state index in [1.807, 2.05) is 0 Å². The first-order chi connectivity index (χ1) is 13.3. The molecule has 1 heterocycles. The molecule has 144 valence electrons. The van der Waals surface area contributed by atoms with Gasteiger partial charge in [-0.05, 0) is 60.7 Å². The van der Waals surface area contributed by atoms with Gasteiger partial charge < -0.3 is 5.32 Å². The van der Waals surface area contributed by atoms with Crippen molar-refractivity contribution in [3.8, 4) is 0 Å². The molecular formula is C17H13BrN4O3S3. The Morgan fingerprint density at radius 2 is 1.75 bits per heavy atom. The molecule has 0 bridgehead atoms. The van der Waals surface area contributed by atoms with Gasteiger partial charge in [0.15, 0.2) is 10.2 Å². The van der Waals surface area contributed by atoms with Gasteiger partial charge in [-0.3, -0.25) is 14.8 Å². The standard InChI is InChI=1S/C17H13BrN4O3S3/c18-12-3-1-11(2-4-12)15(23)21-16(26)20-13-5-7-14(8-6-13)28(24,25)22-17-19-9-10-27-17/h1-10H,(H,19,22)(H2,20,21,23,26). The lowest BCUT2D eigenvalue weighted by molar-refractivity contribution is 0.0977. The zero-order chi connectivity index (χ0) is 20.1. The van der Waals surface area contributed by atoms with Crippen molar-refractivity contribution in [3.05, 3.63) is 70.1 Å². The van der Waals surface area contributed by atoms with Crippen LogP contribution in [-0.4, -0.2) is 24.4 Å². The number of carbonyl (C=O) groups is 1. The predicted octanol–water partition coefficient (Wildman–Crippen LogP) is 3.83. The van der Waals surface area contributed by atoms with Crippen LogP contribution in [0.1, 0.15) is 10.4 Å². The molecule has 3 N–H and O–H groups in total. The minimum Gasteiger partial charge on any atom is -0.332 e. The Kier molecular flexibility index (Phi) is 6.39. The van der Waals surface area contributed by atoms with E-state index in [2.05, 4.69) is 36.3 Å². The molecule has 0 fully saturated rings. The molecule has 0 aliphatic carbocycles. The minimum atomic E-state index is -3.72. The second-order valence-corrected chi connectivity index (χ2v) is 9.28. The highest BCUT2D eigenvalue weighted by Gasteiger charge is 2.15. The smallest absolute Gasteiger partial charge is 0.263 e. The number of thiocarbonyl (C=S) groups is 1. The molecule has 0 atom stereocenters. The molecule has 28 heavy (non-hydrogen) atoms. The lowest BCUT2D eigenvalue weighted by atomic mass is 10.2. The van der Waals surface area contributed by atoms with Gasteiger partial charge in [0.2, 0.25) is 0 Å². The normalized spacial score (nSPS) is 10.9. The number of sulfonamides is 1. The highest BCUT2D eigenvalue weighted by molar-refractivity contribution is 9.10. The average Bonchev–Trinajstić information content (AvgIpc) is 3.15. The van der Waals surface area contributed by atoms with Gasteiger partial charge in [-0.15, -0.1) is 11.3 Å². The van der Waals surface area contributed by atoms with Crippen LogP contribution >= 0.6 is 39.5 Å². The fraction of sp³-hybridized carbons (Fsp3) is 0. The lowest BCUT2D eigenvalue weighted by Crippen LogP contribution is -2.34. The van der Waals surface area contributed by atoms with Crippen molar-refractivity contribution in [2.24, 2.45) is 0 Å². The van der Waals surface area contributed by atoms with E-state index in [9.17, 15) is 13.2 Å². The molecule has 2 aromatic carbocycles. The number of amides is 1. The summed E-state index contributed by atoms with van der Waals surface area (Å²) in [7, 11) is -3.72. The molecule has 3 rings (SSSR count). The van der Waals surface area contributed by atoms with E-state index >= 15 is 0 Å². The third kappa shape index (κ3) is 5.35. The highest BCUT2D eigenvalue weighted by Crippen LogP contribution is 2.19. The third-order valence-electron chi connectivity index (χ3n) is 3.41. The van der Waals surface area contributed by atoms with Crippen LogP contribution in [0.5, 0.6) is 0 Å². The van der Waals surface area contributed by atoms with Crippen molar-refractivity contribution >= 4 is 71.3 Å². The SMILES string of the molecule is O=C(NC(=S)Nc1ccc(S(=O)(=O)Nc2nccs2)cc1)c1ccc(Br)cc1. The van der Waals surface area contributed by atoms with Crippen molar-refractivity contribution in [2.75, 3.05) is 10.0 Å². The maximum atomic E-state index is 12.3. The van der Waals surface area contributed by atoms with Gasteiger partial charge in [-0.25, -0.2) is 13.4 Å². The number of benzene rings is 2. The first-order valence-corrected chi connectivity index (χ1v) is 11.3. The molecule has 11 heteroatoms. The molecule has 0 radical (unpaired) electrons. The Bertz CT molecular complexity index is 1080. The van der Waals surface area contributed by atoms with Crippen LogP contribution in [0.3, 0.4) is 0 Å². The summed E-state index contributed by atoms with van der Waals surface area (Å²) >= 11 is 9.62. The number of nitrogens with one attached hydrogen (secondary N) is 3. The number of hydrogen-bond acceptors (Lipinski definition) is 6. The Balaban J connectivity index is 1.61. The number of nitrogens with zero attached hydrogens (tertiary/aromatic N) is 1. The maximum absolute atomic E-state index is 12.3. The summed E-state index contributed by atoms with van der Waals surface area (Å²) in [6.07, 6.45) is 1.51. The van der Waals surface area contributed by atoms with Gasteiger partial charge in [-0.1, -0.05) is 15.9 Å². The minimum absolute atomic E-state index is 0.0815. The van der Waals surface area contributed by atoms with E-state index < -0.39 is 10.0 Å². The number of rotatable bonds is 5. The van der Waals surface area contributed by atoms with E-state index in [1.54, 1.807) is 41.8 Å². The maximum Gasteiger partial charge on any atom is 0.263 e. The van der Waals surface area contributed by atoms with E-state index in [0.29, 0.717) is 16.4 Å². The van der Waals surface area contributed by atoms with Crippen molar-refractivity contribution in [3.63, 3.8) is 0 Å². The number of halogens is 1. The quantitative estimate of drug-likeness (QED) is 0.464. The second-order valence-electron chi connectivity index (χ2n) is 5.38. The van der Waals surface area contributed by atoms with Gasteiger partial charge >= 0.3 is 0 Å². The fourth-order valence-electron chi connectivity index (χ4n) is 2.10. The Labute approximate surface area is 179 Å². The zero-order valence-electron chi connectivity index (χ0n) is 14.0. The van der Waals surface area contributed by atoms with Crippen LogP contribution in [0.25, 0.3) is 0 Å². The monoisotopic (exact) mass is 496 g/mol. The summed E-state index contributed by atoms with van der Waals surface area (Å²) in [5, 5.41) is 7.48. The number of hydrogen-bond donors (Lipinski definition) is 3. The van der Waals surface area contributed by atoms with Crippen molar-refractivity contribution in [1.82, 2.24) is 10.3 Å². The zero-order valence-corrected chi connectivity index (χ0v) is 18.1. The first-order valence-electron chi connectivity index (χ1n) is 7.74. The molecular weight excluding hydrogens is 484 g/mol. The number of carbonyl (C=O) groups excluding carboxylic acids is 1. The predicted molar refractivity (Wildman–Crippen MR) is 117 cm³/mol. The number of anilines is 2. The summed E-state index contributed by atoms with van der Waals surface area (Å²) in [6, 6.07) is 12.8. The molecule has 3 aromatic rings. The summed E-state index contributed by atoms with van der Waals surface area (Å²) in [5.41, 5.74) is 0.997. The molecule has 0 unspecified atom stereocenters. The molecule has 1 aromatic heterocycles. The van der Waals surface area contributed by atoms with Crippen molar-refractivity contribution < 1.29 is 13.2 Å². The van der Waals surface area contributed by atoms with E-state index in [4.69, 9.17) is 12.2 Å². The Morgan fingerprint density at radius 3 is 2.36 bits per heavy atom. The number of aromatic nitrogens is 1. The fourth-order valence-corrected chi connectivity index (χ4v) is 4.37. The van der Waals surface area contributed by atoms with Gasteiger partial charge in [0.05, 0.1) is 4.90 Å². The molecule has 1 amide bonds. The van der Waals surface area contributed by atoms with Crippen LogP contribution in [0.2, 0.25) is 0 Å². The number of thiazole rings is 1.